The van der Waals surface area contributed by atoms with Crippen LogP contribution in [-0.2, 0) is 40.6 Å². The average molecular weight is 475 g/mol. The second-order valence-electron chi connectivity index (χ2n) is 8.45. The number of nitrogens with one attached hydrogen (secondary N) is 2. The molecule has 8 heteroatoms. The Balaban J connectivity index is 1.31. The molecule has 0 radical (unpaired) electrons. The summed E-state index contributed by atoms with van der Waals surface area (Å²) in [4.78, 5) is 17.8. The van der Waals surface area contributed by atoms with E-state index >= 15 is 0 Å². The first-order valence-electron chi connectivity index (χ1n) is 11.4. The quantitative estimate of drug-likeness (QED) is 0.407. The second-order valence-corrected chi connectivity index (χ2v) is 10.2. The van der Waals surface area contributed by atoms with Crippen LogP contribution in [0.2, 0.25) is 0 Å². The number of para-hydroxylation sites is 2. The number of nitrogens with zero attached hydrogens (tertiary/aromatic N) is 2. The average Bonchev–Trinajstić information content (AvgIpc) is 3.44. The Bertz CT molecular complexity index is 1450. The minimum absolute atomic E-state index is 0.0956. The van der Waals surface area contributed by atoms with Crippen molar-refractivity contribution < 1.29 is 13.2 Å². The molecule has 0 fully saturated rings. The summed E-state index contributed by atoms with van der Waals surface area (Å²) in [5, 5.41) is 3.00. The Morgan fingerprint density at radius 1 is 0.941 bits per heavy atom. The number of benzene rings is 3. The van der Waals surface area contributed by atoms with Gasteiger partial charge in [0, 0.05) is 18.7 Å². The summed E-state index contributed by atoms with van der Waals surface area (Å²) in [6, 6.07) is 22.0. The molecule has 174 valence electrons. The predicted molar refractivity (Wildman–Crippen MR) is 132 cm³/mol. The Morgan fingerprint density at radius 2 is 1.71 bits per heavy atom. The van der Waals surface area contributed by atoms with Gasteiger partial charge < -0.3 is 9.88 Å². The highest BCUT2D eigenvalue weighted by Gasteiger charge is 2.17. The number of carbonyl (C=O) groups excluding carboxylic acids is 1. The van der Waals surface area contributed by atoms with E-state index in [0.717, 1.165) is 36.0 Å². The lowest BCUT2D eigenvalue weighted by molar-refractivity contribution is -0.116. The summed E-state index contributed by atoms with van der Waals surface area (Å²) in [5.74, 6) is 0.508. The fourth-order valence-corrected chi connectivity index (χ4v) is 5.52. The van der Waals surface area contributed by atoms with Gasteiger partial charge in [-0.3, -0.25) is 4.79 Å². The molecule has 1 aliphatic carbocycles. The number of hydrogen-bond donors (Lipinski definition) is 2. The fourth-order valence-electron chi connectivity index (χ4n) is 4.47. The molecule has 4 aromatic rings. The lowest BCUT2D eigenvalue weighted by atomic mass is 10.1. The minimum atomic E-state index is -3.61. The molecule has 0 atom stereocenters. The maximum absolute atomic E-state index is 12.9. The third-order valence-corrected chi connectivity index (χ3v) is 7.59. The molecule has 2 N–H and O–H groups in total. The zero-order valence-corrected chi connectivity index (χ0v) is 19.5. The highest BCUT2D eigenvalue weighted by Crippen LogP contribution is 2.25. The first kappa shape index (κ1) is 22.3. The van der Waals surface area contributed by atoms with Crippen molar-refractivity contribution in [1.29, 1.82) is 0 Å². The summed E-state index contributed by atoms with van der Waals surface area (Å²) in [7, 11) is -3.61. The first-order valence-corrected chi connectivity index (χ1v) is 12.9. The van der Waals surface area contributed by atoms with Gasteiger partial charge in [-0.1, -0.05) is 36.4 Å². The van der Waals surface area contributed by atoms with Gasteiger partial charge in [0.15, 0.2) is 0 Å². The molecule has 7 nitrogen and oxygen atoms in total. The van der Waals surface area contributed by atoms with Crippen LogP contribution in [-0.4, -0.2) is 30.4 Å². The van der Waals surface area contributed by atoms with Crippen LogP contribution in [0.15, 0.2) is 77.7 Å². The van der Waals surface area contributed by atoms with E-state index in [9.17, 15) is 13.2 Å². The van der Waals surface area contributed by atoms with Gasteiger partial charge in [-0.15, -0.1) is 0 Å². The summed E-state index contributed by atoms with van der Waals surface area (Å²) in [5.41, 5.74) is 5.07. The highest BCUT2D eigenvalue weighted by molar-refractivity contribution is 7.89. The van der Waals surface area contributed by atoms with Crippen molar-refractivity contribution in [2.75, 3.05) is 11.9 Å². The Kier molecular flexibility index (Phi) is 6.17. The van der Waals surface area contributed by atoms with E-state index < -0.39 is 10.0 Å². The molecule has 1 amide bonds. The molecule has 0 unspecified atom stereocenters. The third kappa shape index (κ3) is 4.73. The van der Waals surface area contributed by atoms with Crippen LogP contribution in [0.4, 0.5) is 5.69 Å². The van der Waals surface area contributed by atoms with Crippen molar-refractivity contribution in [3.8, 4) is 0 Å². The predicted octanol–water partition coefficient (Wildman–Crippen LogP) is 3.68. The molecule has 1 heterocycles. The van der Waals surface area contributed by atoms with E-state index in [1.54, 1.807) is 30.3 Å². The Morgan fingerprint density at radius 3 is 2.56 bits per heavy atom. The van der Waals surface area contributed by atoms with Crippen LogP contribution in [0.1, 0.15) is 23.4 Å². The van der Waals surface area contributed by atoms with E-state index in [2.05, 4.69) is 27.2 Å². The lowest BCUT2D eigenvalue weighted by Gasteiger charge is -2.12. The van der Waals surface area contributed by atoms with E-state index in [-0.39, 0.29) is 23.9 Å². The molecule has 0 saturated heterocycles. The largest absolute Gasteiger partial charge is 0.325 e. The van der Waals surface area contributed by atoms with Crippen molar-refractivity contribution in [2.24, 2.45) is 0 Å². The van der Waals surface area contributed by atoms with Crippen LogP contribution in [0.5, 0.6) is 0 Å². The summed E-state index contributed by atoms with van der Waals surface area (Å²) < 4.78 is 29.6. The number of carbonyl (C=O) groups is 1. The van der Waals surface area contributed by atoms with Gasteiger partial charge in [0.05, 0.1) is 15.9 Å². The molecular formula is C26H26N4O3S. The van der Waals surface area contributed by atoms with Gasteiger partial charge in [0.25, 0.3) is 0 Å². The van der Waals surface area contributed by atoms with Crippen molar-refractivity contribution in [1.82, 2.24) is 14.3 Å². The normalized spacial score (nSPS) is 13.2. The van der Waals surface area contributed by atoms with Crippen molar-refractivity contribution in [3.05, 3.63) is 89.7 Å². The SMILES string of the molecule is O=C(Cn1c(CCNS(=O)(=O)c2ccccc2)nc2ccccc21)Nc1ccc2c(c1)CCC2. The molecule has 0 spiro atoms. The Hall–Kier alpha value is -3.49. The van der Waals surface area contributed by atoms with Crippen LogP contribution in [0.3, 0.4) is 0 Å². The number of imidazole rings is 1. The lowest BCUT2D eigenvalue weighted by Crippen LogP contribution is -2.27. The summed E-state index contributed by atoms with van der Waals surface area (Å²) in [6.45, 7) is 0.269. The highest BCUT2D eigenvalue weighted by atomic mass is 32.2. The zero-order valence-electron chi connectivity index (χ0n) is 18.7. The van der Waals surface area contributed by atoms with E-state index in [1.165, 1.54) is 11.1 Å². The maximum atomic E-state index is 12.9. The number of fused-ring (bicyclic) bond motifs is 2. The van der Waals surface area contributed by atoms with Crippen LogP contribution in [0, 0.1) is 0 Å². The molecule has 0 aliphatic heterocycles. The number of amides is 1. The molecule has 5 rings (SSSR count). The van der Waals surface area contributed by atoms with Crippen molar-refractivity contribution in [3.63, 3.8) is 0 Å². The zero-order chi connectivity index (χ0) is 23.5. The summed E-state index contributed by atoms with van der Waals surface area (Å²) >= 11 is 0. The van der Waals surface area contributed by atoms with E-state index in [0.29, 0.717) is 12.2 Å². The van der Waals surface area contributed by atoms with E-state index in [1.807, 2.05) is 34.9 Å². The maximum Gasteiger partial charge on any atom is 0.244 e. The van der Waals surface area contributed by atoms with Crippen molar-refractivity contribution >= 4 is 32.7 Å². The summed E-state index contributed by atoms with van der Waals surface area (Å²) in [6.07, 6.45) is 3.66. The fraction of sp³-hybridized carbons (Fsp3) is 0.231. The Labute approximate surface area is 198 Å². The van der Waals surface area contributed by atoms with Crippen molar-refractivity contribution in [2.45, 2.75) is 37.1 Å². The number of anilines is 1. The van der Waals surface area contributed by atoms with Crippen LogP contribution >= 0.6 is 0 Å². The minimum Gasteiger partial charge on any atom is -0.325 e. The molecule has 34 heavy (non-hydrogen) atoms. The number of aryl methyl sites for hydroxylation is 2. The molecule has 0 saturated carbocycles. The van der Waals surface area contributed by atoms with Gasteiger partial charge in [-0.25, -0.2) is 18.1 Å². The monoisotopic (exact) mass is 474 g/mol. The van der Waals surface area contributed by atoms with Gasteiger partial charge >= 0.3 is 0 Å². The van der Waals surface area contributed by atoms with E-state index in [4.69, 9.17) is 0 Å². The first-order chi connectivity index (χ1) is 16.5. The molecular weight excluding hydrogens is 448 g/mol. The number of rotatable bonds is 8. The van der Waals surface area contributed by atoms with Gasteiger partial charge in [-0.05, 0) is 66.8 Å². The van der Waals surface area contributed by atoms with Gasteiger partial charge in [-0.2, -0.15) is 0 Å². The van der Waals surface area contributed by atoms with Crippen LogP contribution < -0.4 is 10.0 Å². The molecule has 1 aromatic heterocycles. The second kappa shape index (κ2) is 9.40. The van der Waals surface area contributed by atoms with Gasteiger partial charge in [0.1, 0.15) is 12.4 Å². The number of aromatic nitrogens is 2. The topological polar surface area (TPSA) is 93.1 Å². The number of sulfonamides is 1. The smallest absolute Gasteiger partial charge is 0.244 e. The molecule has 1 aliphatic rings. The standard InChI is InChI=1S/C26H26N4O3S/c31-26(28-21-14-13-19-7-6-8-20(19)17-21)18-30-24-12-5-4-11-23(24)29-25(30)15-16-27-34(32,33)22-9-2-1-3-10-22/h1-5,9-14,17,27H,6-8,15-16,18H2,(H,28,31). The van der Waals surface area contributed by atoms with Crippen LogP contribution in [0.25, 0.3) is 11.0 Å². The molecule has 0 bridgehead atoms. The molecule has 3 aromatic carbocycles. The third-order valence-electron chi connectivity index (χ3n) is 6.11. The van der Waals surface area contributed by atoms with Gasteiger partial charge in [0.2, 0.25) is 15.9 Å². The number of hydrogen-bond acceptors (Lipinski definition) is 4.